The van der Waals surface area contributed by atoms with Gasteiger partial charge in [0.15, 0.2) is 0 Å². The van der Waals surface area contributed by atoms with Crippen LogP contribution < -0.4 is 0 Å². The van der Waals surface area contributed by atoms with E-state index in [-0.39, 0.29) is 24.2 Å². The van der Waals surface area contributed by atoms with Crippen molar-refractivity contribution in [1.29, 1.82) is 0 Å². The molecule has 0 amide bonds. The Labute approximate surface area is 468 Å². The van der Waals surface area contributed by atoms with Crippen molar-refractivity contribution in [3.63, 3.8) is 0 Å². The molecule has 6 nitrogen and oxygen atoms in total. The summed E-state index contributed by atoms with van der Waals surface area (Å²) in [6.45, 7) is 0. The Kier molecular flexibility index (Phi) is 25.8. The molecule has 0 heterocycles. The summed E-state index contributed by atoms with van der Waals surface area (Å²) in [7, 11) is 0. The maximum Gasteiger partial charge on any atom is 0.140 e. The van der Waals surface area contributed by atoms with Crippen LogP contribution in [0.15, 0.2) is 182 Å². The SMILES string of the molecule is O=C1CCC(c2ccccc2)CC1.O=C1CCCC(c2ccccc2)C1.O=C1CCCCC1c1ccccc1.OC1CCC(c2ccccc2)CC1.OC1CCCC(c2ccccc2)C1.OC1CCCCC1c1ccccc1. The highest BCUT2D eigenvalue weighted by molar-refractivity contribution is 5.86. The fourth-order valence-corrected chi connectivity index (χ4v) is 12.6. The summed E-state index contributed by atoms with van der Waals surface area (Å²) in [5, 5.41) is 28.7. The molecule has 6 saturated carbocycles. The van der Waals surface area contributed by atoms with Crippen LogP contribution in [0.25, 0.3) is 0 Å². The maximum absolute atomic E-state index is 11.6. The lowest BCUT2D eigenvalue weighted by Gasteiger charge is -2.27. The van der Waals surface area contributed by atoms with Gasteiger partial charge < -0.3 is 15.3 Å². The first-order chi connectivity index (χ1) is 38.2. The summed E-state index contributed by atoms with van der Waals surface area (Å²) >= 11 is 0. The normalized spacial score (nSPS) is 25.2. The van der Waals surface area contributed by atoms with E-state index in [2.05, 4.69) is 140 Å². The van der Waals surface area contributed by atoms with E-state index in [0.29, 0.717) is 46.9 Å². The number of rotatable bonds is 6. The predicted octanol–water partition coefficient (Wildman–Crippen LogP) is 16.9. The first-order valence-corrected chi connectivity index (χ1v) is 30.1. The molecule has 414 valence electrons. The van der Waals surface area contributed by atoms with Crippen molar-refractivity contribution in [1.82, 2.24) is 0 Å². The average molecular weight is 1050 g/mol. The summed E-state index contributed by atoms with van der Waals surface area (Å²) in [5.74, 6) is 4.26. The number of carbonyl (C=O) groups excluding carboxylic acids is 3. The molecule has 6 aromatic rings. The minimum Gasteiger partial charge on any atom is -0.393 e. The quantitative estimate of drug-likeness (QED) is 0.153. The lowest BCUT2D eigenvalue weighted by Crippen LogP contribution is -2.22. The van der Waals surface area contributed by atoms with E-state index >= 15 is 0 Å². The number of aliphatic hydroxyl groups excluding tert-OH is 3. The van der Waals surface area contributed by atoms with Crippen LogP contribution in [-0.2, 0) is 14.4 Å². The van der Waals surface area contributed by atoms with Gasteiger partial charge in [-0.15, -0.1) is 0 Å². The molecule has 3 N–H and O–H groups in total. The molecule has 0 spiro atoms. The number of benzene rings is 6. The second-order valence-corrected chi connectivity index (χ2v) is 22.9. The second kappa shape index (κ2) is 33.6. The molecule has 0 radical (unpaired) electrons. The summed E-state index contributed by atoms with van der Waals surface area (Å²) in [6, 6.07) is 62.6. The minimum absolute atomic E-state index is 0.0417. The van der Waals surface area contributed by atoms with Crippen LogP contribution >= 0.6 is 0 Å². The van der Waals surface area contributed by atoms with E-state index in [9.17, 15) is 29.7 Å². The van der Waals surface area contributed by atoms with E-state index in [1.807, 2.05) is 42.5 Å². The topological polar surface area (TPSA) is 112 Å². The highest BCUT2D eigenvalue weighted by atomic mass is 16.3. The van der Waals surface area contributed by atoms with Gasteiger partial charge in [0, 0.05) is 43.9 Å². The zero-order chi connectivity index (χ0) is 54.6. The van der Waals surface area contributed by atoms with Crippen molar-refractivity contribution in [2.24, 2.45) is 0 Å². The van der Waals surface area contributed by atoms with Crippen molar-refractivity contribution in [2.75, 3.05) is 0 Å². The standard InChI is InChI=1S/C12H16O.C12H14O.C12H16O.C12H14O.C12H16O.C12H14O/c2*13-12-9-5-4-8-11(12)10-6-2-1-3-7-10;2*13-12-8-4-7-11(9-12)10-5-2-1-3-6-10;2*13-12-8-6-11(7-9-12)10-4-2-1-3-5-10/h1-3,6-7,11-13H,4-5,8-9H2;1-3,6-7,11H,4-5,8-9H2;1-3,5-6,11-13H,4,7-9H2;1-3,5-6,11H,4,7-9H2;1-5,11-13H,6-9H2;1-5,11H,6-9H2. The van der Waals surface area contributed by atoms with E-state index < -0.39 is 0 Å². The van der Waals surface area contributed by atoms with Gasteiger partial charge in [-0.05, 0) is 153 Å². The number of Topliss-reactive ketones (excluding diaryl/α,β-unsaturated/α-hetero) is 3. The molecular formula is C72H90O6. The smallest absolute Gasteiger partial charge is 0.140 e. The van der Waals surface area contributed by atoms with Crippen LogP contribution in [0.3, 0.4) is 0 Å². The summed E-state index contributed by atoms with van der Waals surface area (Å²) in [5.41, 5.74) is 8.06. The third-order valence-corrected chi connectivity index (χ3v) is 17.2. The molecule has 0 aliphatic heterocycles. The Bertz CT molecular complexity index is 2550. The third kappa shape index (κ3) is 20.5. The Morgan fingerprint density at radius 1 is 0.295 bits per heavy atom. The van der Waals surface area contributed by atoms with E-state index in [1.165, 1.54) is 71.9 Å². The van der Waals surface area contributed by atoms with Gasteiger partial charge in [-0.3, -0.25) is 14.4 Å². The first-order valence-electron chi connectivity index (χ1n) is 30.1. The lowest BCUT2D eigenvalue weighted by molar-refractivity contribution is -0.122. The highest BCUT2D eigenvalue weighted by Crippen LogP contribution is 2.36. The van der Waals surface area contributed by atoms with E-state index in [1.54, 1.807) is 0 Å². The molecule has 6 fully saturated rings. The molecule has 0 saturated heterocycles. The molecule has 6 aromatic carbocycles. The maximum atomic E-state index is 11.6. The number of hydrogen-bond donors (Lipinski definition) is 3. The lowest BCUT2D eigenvalue weighted by atomic mass is 9.82. The predicted molar refractivity (Wildman–Crippen MR) is 319 cm³/mol. The Morgan fingerprint density at radius 3 is 1.22 bits per heavy atom. The molecule has 6 atom stereocenters. The summed E-state index contributed by atoms with van der Waals surface area (Å²) in [6.07, 6.45) is 24.5. The Balaban J connectivity index is 0.000000136. The monoisotopic (exact) mass is 1050 g/mol. The van der Waals surface area contributed by atoms with Gasteiger partial charge >= 0.3 is 0 Å². The van der Waals surface area contributed by atoms with Gasteiger partial charge in [-0.2, -0.15) is 0 Å². The van der Waals surface area contributed by atoms with Crippen molar-refractivity contribution in [3.05, 3.63) is 215 Å². The first kappa shape index (κ1) is 59.9. The van der Waals surface area contributed by atoms with Gasteiger partial charge in [0.05, 0.1) is 18.3 Å². The Hall–Kier alpha value is -5.79. The largest absolute Gasteiger partial charge is 0.393 e. The van der Waals surface area contributed by atoms with Crippen molar-refractivity contribution in [2.45, 2.75) is 208 Å². The molecule has 6 heteroatoms. The van der Waals surface area contributed by atoms with Crippen molar-refractivity contribution >= 4 is 17.3 Å². The van der Waals surface area contributed by atoms with E-state index in [4.69, 9.17) is 0 Å². The fourth-order valence-electron chi connectivity index (χ4n) is 12.6. The molecule has 0 aromatic heterocycles. The zero-order valence-electron chi connectivity index (χ0n) is 46.6. The van der Waals surface area contributed by atoms with Gasteiger partial charge in [0.1, 0.15) is 17.3 Å². The Morgan fingerprint density at radius 2 is 0.731 bits per heavy atom. The molecule has 6 aliphatic carbocycles. The minimum atomic E-state index is -0.115. The highest BCUT2D eigenvalue weighted by Gasteiger charge is 2.26. The van der Waals surface area contributed by atoms with Gasteiger partial charge in [-0.1, -0.05) is 208 Å². The van der Waals surface area contributed by atoms with Gasteiger partial charge in [0.2, 0.25) is 0 Å². The van der Waals surface area contributed by atoms with Crippen LogP contribution in [0.2, 0.25) is 0 Å². The molecule has 6 aliphatic rings. The fraction of sp³-hybridized carbons (Fsp3) is 0.458. The van der Waals surface area contributed by atoms with Crippen LogP contribution in [0.4, 0.5) is 0 Å². The number of hydrogen-bond acceptors (Lipinski definition) is 6. The molecule has 6 unspecified atom stereocenters. The summed E-state index contributed by atoms with van der Waals surface area (Å²) < 4.78 is 0. The van der Waals surface area contributed by atoms with Crippen molar-refractivity contribution in [3.8, 4) is 0 Å². The van der Waals surface area contributed by atoms with Crippen LogP contribution in [0, 0.1) is 0 Å². The van der Waals surface area contributed by atoms with Crippen LogP contribution in [-0.4, -0.2) is 51.0 Å². The molecule has 78 heavy (non-hydrogen) atoms. The molecular weight excluding hydrogens is 961 g/mol. The number of aliphatic hydroxyl groups is 3. The number of ketones is 3. The van der Waals surface area contributed by atoms with Gasteiger partial charge in [0.25, 0.3) is 0 Å². The zero-order valence-corrected chi connectivity index (χ0v) is 46.6. The molecule has 0 bridgehead atoms. The van der Waals surface area contributed by atoms with Crippen LogP contribution in [0.5, 0.6) is 0 Å². The van der Waals surface area contributed by atoms with Gasteiger partial charge in [-0.25, -0.2) is 0 Å². The van der Waals surface area contributed by atoms with E-state index in [0.717, 1.165) is 116 Å². The third-order valence-electron chi connectivity index (χ3n) is 17.2. The summed E-state index contributed by atoms with van der Waals surface area (Å²) in [4.78, 5) is 33.9. The second-order valence-electron chi connectivity index (χ2n) is 22.9. The number of carbonyl (C=O) groups is 3. The van der Waals surface area contributed by atoms with Crippen LogP contribution in [0.1, 0.15) is 223 Å². The average Bonchev–Trinajstić information content (AvgIpc) is 3.50. The molecule has 12 rings (SSSR count). The van der Waals surface area contributed by atoms with Crippen molar-refractivity contribution < 1.29 is 29.7 Å².